The van der Waals surface area contributed by atoms with E-state index in [1.54, 1.807) is 14.2 Å². The zero-order valence-corrected chi connectivity index (χ0v) is 11.4. The quantitative estimate of drug-likeness (QED) is 0.776. The molecule has 0 aromatic heterocycles. The van der Waals surface area contributed by atoms with Crippen molar-refractivity contribution >= 4 is 27.5 Å². The molecule has 0 fully saturated rings. The number of ether oxygens (including phenoxy) is 2. The summed E-state index contributed by atoms with van der Waals surface area (Å²) in [5.74, 6) is 1.55. The zero-order chi connectivity index (χ0) is 11.4. The maximum atomic E-state index is 6.20. The van der Waals surface area contributed by atoms with Gasteiger partial charge in [0.1, 0.15) is 11.5 Å². The molecule has 1 aromatic rings. The Balaban J connectivity index is 3.22. The third-order valence-electron chi connectivity index (χ3n) is 2.20. The van der Waals surface area contributed by atoms with Crippen LogP contribution in [0.15, 0.2) is 16.6 Å². The SMILES string of the molecule is CCC(Cl)c1cc(OC)c(Br)cc1OC. The monoisotopic (exact) mass is 292 g/mol. The Morgan fingerprint density at radius 3 is 2.33 bits per heavy atom. The summed E-state index contributed by atoms with van der Waals surface area (Å²) < 4.78 is 11.4. The first-order valence-corrected chi connectivity index (χ1v) is 5.92. The van der Waals surface area contributed by atoms with Gasteiger partial charge in [-0.3, -0.25) is 0 Å². The molecule has 0 radical (unpaired) electrons. The molecule has 0 aliphatic heterocycles. The standard InChI is InChI=1S/C11H14BrClO2/c1-4-9(13)7-5-11(15-3)8(12)6-10(7)14-2/h5-6,9H,4H2,1-3H3. The van der Waals surface area contributed by atoms with E-state index >= 15 is 0 Å². The van der Waals surface area contributed by atoms with Gasteiger partial charge in [0.05, 0.1) is 24.1 Å². The van der Waals surface area contributed by atoms with Crippen molar-refractivity contribution in [2.24, 2.45) is 0 Å². The van der Waals surface area contributed by atoms with Crippen molar-refractivity contribution in [1.29, 1.82) is 0 Å². The molecule has 2 nitrogen and oxygen atoms in total. The Kier molecular flexibility index (Phi) is 4.74. The van der Waals surface area contributed by atoms with Crippen LogP contribution in [0.5, 0.6) is 11.5 Å². The molecule has 15 heavy (non-hydrogen) atoms. The molecule has 0 heterocycles. The molecule has 84 valence electrons. The van der Waals surface area contributed by atoms with Crippen molar-refractivity contribution in [2.45, 2.75) is 18.7 Å². The molecule has 0 bridgehead atoms. The van der Waals surface area contributed by atoms with Crippen LogP contribution in [0.1, 0.15) is 24.3 Å². The van der Waals surface area contributed by atoms with E-state index in [9.17, 15) is 0 Å². The number of hydrogen-bond donors (Lipinski definition) is 0. The van der Waals surface area contributed by atoms with Gasteiger partial charge < -0.3 is 9.47 Å². The third kappa shape index (κ3) is 2.79. The molecule has 0 aliphatic carbocycles. The second kappa shape index (κ2) is 5.61. The maximum absolute atomic E-state index is 6.20. The molecular weight excluding hydrogens is 279 g/mol. The highest BCUT2D eigenvalue weighted by Crippen LogP contribution is 2.38. The largest absolute Gasteiger partial charge is 0.496 e. The lowest BCUT2D eigenvalue weighted by Gasteiger charge is -2.15. The molecule has 1 atom stereocenters. The van der Waals surface area contributed by atoms with Gasteiger partial charge in [0.2, 0.25) is 0 Å². The molecular formula is C11H14BrClO2. The highest BCUT2D eigenvalue weighted by atomic mass is 79.9. The van der Waals surface area contributed by atoms with Crippen molar-refractivity contribution in [2.75, 3.05) is 14.2 Å². The maximum Gasteiger partial charge on any atom is 0.133 e. The average molecular weight is 294 g/mol. The number of methoxy groups -OCH3 is 2. The van der Waals surface area contributed by atoms with E-state index in [2.05, 4.69) is 15.9 Å². The minimum Gasteiger partial charge on any atom is -0.496 e. The second-order valence-corrected chi connectivity index (χ2v) is 4.49. The van der Waals surface area contributed by atoms with Gasteiger partial charge in [-0.05, 0) is 34.5 Å². The van der Waals surface area contributed by atoms with Crippen molar-refractivity contribution in [3.05, 3.63) is 22.2 Å². The Bertz CT molecular complexity index is 342. The number of hydrogen-bond acceptors (Lipinski definition) is 2. The van der Waals surface area contributed by atoms with Gasteiger partial charge in [-0.15, -0.1) is 11.6 Å². The van der Waals surface area contributed by atoms with Gasteiger partial charge in [-0.25, -0.2) is 0 Å². The lowest BCUT2D eigenvalue weighted by atomic mass is 10.1. The zero-order valence-electron chi connectivity index (χ0n) is 9.01. The normalized spacial score (nSPS) is 12.3. The predicted octanol–water partition coefficient (Wildman–Crippen LogP) is 4.16. The lowest BCUT2D eigenvalue weighted by Crippen LogP contribution is -1.96. The molecule has 0 saturated heterocycles. The van der Waals surface area contributed by atoms with Crippen LogP contribution in [0, 0.1) is 0 Å². The van der Waals surface area contributed by atoms with Crippen molar-refractivity contribution in [3.8, 4) is 11.5 Å². The van der Waals surface area contributed by atoms with E-state index in [1.807, 2.05) is 19.1 Å². The molecule has 1 rings (SSSR count). The number of rotatable bonds is 4. The summed E-state index contributed by atoms with van der Waals surface area (Å²) in [6, 6.07) is 3.78. The summed E-state index contributed by atoms with van der Waals surface area (Å²) in [4.78, 5) is 0. The first kappa shape index (κ1) is 12.7. The van der Waals surface area contributed by atoms with Crippen molar-refractivity contribution in [1.82, 2.24) is 0 Å². The summed E-state index contributed by atoms with van der Waals surface area (Å²) in [7, 11) is 3.27. The molecule has 4 heteroatoms. The Morgan fingerprint density at radius 1 is 1.27 bits per heavy atom. The summed E-state index contributed by atoms with van der Waals surface area (Å²) in [6.07, 6.45) is 0.850. The van der Waals surface area contributed by atoms with E-state index in [1.165, 1.54) is 0 Å². The molecule has 1 aromatic carbocycles. The van der Waals surface area contributed by atoms with Gasteiger partial charge in [-0.2, -0.15) is 0 Å². The van der Waals surface area contributed by atoms with E-state index in [0.717, 1.165) is 28.0 Å². The topological polar surface area (TPSA) is 18.5 Å². The fourth-order valence-electron chi connectivity index (χ4n) is 1.35. The summed E-state index contributed by atoms with van der Waals surface area (Å²) in [5.41, 5.74) is 0.960. The van der Waals surface area contributed by atoms with Crippen LogP contribution in [0.2, 0.25) is 0 Å². The average Bonchev–Trinajstić information content (AvgIpc) is 2.27. The van der Waals surface area contributed by atoms with Gasteiger partial charge in [-0.1, -0.05) is 6.92 Å². The fraction of sp³-hybridized carbons (Fsp3) is 0.455. The number of benzene rings is 1. The van der Waals surface area contributed by atoms with Crippen LogP contribution in [-0.2, 0) is 0 Å². The van der Waals surface area contributed by atoms with Crippen LogP contribution in [0.4, 0.5) is 0 Å². The predicted molar refractivity (Wildman–Crippen MR) is 66.1 cm³/mol. The van der Waals surface area contributed by atoms with E-state index in [4.69, 9.17) is 21.1 Å². The van der Waals surface area contributed by atoms with Gasteiger partial charge >= 0.3 is 0 Å². The van der Waals surface area contributed by atoms with Gasteiger partial charge in [0.15, 0.2) is 0 Å². The highest BCUT2D eigenvalue weighted by Gasteiger charge is 2.15. The van der Waals surface area contributed by atoms with Gasteiger partial charge in [0, 0.05) is 5.56 Å². The molecule has 0 N–H and O–H groups in total. The number of alkyl halides is 1. The van der Waals surface area contributed by atoms with Crippen LogP contribution < -0.4 is 9.47 Å². The molecule has 0 amide bonds. The first-order chi connectivity index (χ1) is 7.13. The van der Waals surface area contributed by atoms with Crippen LogP contribution >= 0.6 is 27.5 Å². The van der Waals surface area contributed by atoms with Crippen LogP contribution in [-0.4, -0.2) is 14.2 Å². The minimum atomic E-state index is -0.0538. The third-order valence-corrected chi connectivity index (χ3v) is 3.36. The summed E-state index contributed by atoms with van der Waals surface area (Å²) in [6.45, 7) is 2.03. The molecule has 0 spiro atoms. The molecule has 0 aliphatic rings. The minimum absolute atomic E-state index is 0.0538. The fourth-order valence-corrected chi connectivity index (χ4v) is 2.00. The highest BCUT2D eigenvalue weighted by molar-refractivity contribution is 9.10. The molecule has 1 unspecified atom stereocenters. The van der Waals surface area contributed by atoms with E-state index < -0.39 is 0 Å². The molecule has 0 saturated carbocycles. The van der Waals surface area contributed by atoms with Crippen LogP contribution in [0.25, 0.3) is 0 Å². The van der Waals surface area contributed by atoms with E-state index in [-0.39, 0.29) is 5.38 Å². The van der Waals surface area contributed by atoms with Gasteiger partial charge in [0.25, 0.3) is 0 Å². The lowest BCUT2D eigenvalue weighted by molar-refractivity contribution is 0.396. The summed E-state index contributed by atoms with van der Waals surface area (Å²) in [5, 5.41) is -0.0538. The number of halogens is 2. The van der Waals surface area contributed by atoms with Crippen molar-refractivity contribution in [3.63, 3.8) is 0 Å². The first-order valence-electron chi connectivity index (χ1n) is 4.69. The Labute approximate surface area is 104 Å². The smallest absolute Gasteiger partial charge is 0.133 e. The Morgan fingerprint density at radius 2 is 1.87 bits per heavy atom. The Hall–Kier alpha value is -0.410. The van der Waals surface area contributed by atoms with E-state index in [0.29, 0.717) is 0 Å². The van der Waals surface area contributed by atoms with Crippen LogP contribution in [0.3, 0.4) is 0 Å². The summed E-state index contributed by atoms with van der Waals surface area (Å²) >= 11 is 9.61. The van der Waals surface area contributed by atoms with Crippen molar-refractivity contribution < 1.29 is 9.47 Å². The second-order valence-electron chi connectivity index (χ2n) is 3.10.